The molecule has 0 aromatic heterocycles. The first-order chi connectivity index (χ1) is 1.91. The smallest absolute Gasteiger partial charge is 0.0905 e. The van der Waals surface area contributed by atoms with Crippen molar-refractivity contribution in [3.8, 4) is 6.07 Å². The molecule has 0 N–H and O–H groups in total. The van der Waals surface area contributed by atoms with Crippen molar-refractivity contribution in [1.82, 2.24) is 0 Å². The van der Waals surface area contributed by atoms with Crippen molar-refractivity contribution in [3.63, 3.8) is 0 Å². The zero-order chi connectivity index (χ0) is 3.41. The van der Waals surface area contributed by atoms with E-state index < -0.39 is 0 Å². The third-order valence-corrected chi connectivity index (χ3v) is 0.0913. The van der Waals surface area contributed by atoms with Crippen molar-refractivity contribution in [2.75, 3.05) is 0 Å². The van der Waals surface area contributed by atoms with Gasteiger partial charge in [-0.25, -0.2) is 0 Å². The Hall–Kier alpha value is -0.480. The van der Waals surface area contributed by atoms with E-state index in [2.05, 4.69) is 6.58 Å². The molecule has 6 heavy (non-hydrogen) atoms. The molecule has 36 valence electrons. The summed E-state index contributed by atoms with van der Waals surface area (Å²) in [5, 5.41) is 7.51. The predicted octanol–water partition coefficient (Wildman–Crippen LogP) is 1.75. The van der Waals surface area contributed by atoms with Gasteiger partial charge < -0.3 is 0 Å². The van der Waals surface area contributed by atoms with Crippen LogP contribution in [0.4, 0.5) is 0 Å². The number of halogens is 1. The lowest BCUT2D eigenvalue weighted by Crippen LogP contribution is -1.23. The van der Waals surface area contributed by atoms with Gasteiger partial charge in [0.1, 0.15) is 0 Å². The zero-order valence-corrected chi connectivity index (χ0v) is 3.46. The Morgan fingerprint density at radius 1 is 1.67 bits per heavy atom. The molecule has 0 aliphatic rings. The summed E-state index contributed by atoms with van der Waals surface area (Å²) in [7, 11) is 0. The highest BCUT2D eigenvalue weighted by molar-refractivity contribution is 5.85. The highest BCUT2D eigenvalue weighted by Crippen LogP contribution is 1.41. The number of nitriles is 1. The second kappa shape index (κ2) is 24.2. The third kappa shape index (κ3) is 82.7. The van der Waals surface area contributed by atoms with Crippen LogP contribution in [0, 0.1) is 11.3 Å². The molecule has 0 bridgehead atoms. The van der Waals surface area contributed by atoms with Gasteiger partial charge in [0.05, 0.1) is 6.07 Å². The summed E-state index contributed by atoms with van der Waals surface area (Å²) in [5.41, 5.74) is 0. The minimum atomic E-state index is 0. The van der Waals surface area contributed by atoms with E-state index in [0.717, 1.165) is 0 Å². The second-order valence-corrected chi connectivity index (χ2v) is 0.333. The molecule has 0 saturated carbocycles. The van der Waals surface area contributed by atoms with E-state index in [4.69, 9.17) is 5.26 Å². The summed E-state index contributed by atoms with van der Waals surface area (Å²) in [5.74, 6) is 0. The summed E-state index contributed by atoms with van der Waals surface area (Å²) < 4.78 is 0. The van der Waals surface area contributed by atoms with Gasteiger partial charge in [-0.15, -0.1) is 12.4 Å². The van der Waals surface area contributed by atoms with Crippen molar-refractivity contribution in [1.29, 1.82) is 5.26 Å². The van der Waals surface area contributed by atoms with Crippen LogP contribution in [0.5, 0.6) is 0 Å². The van der Waals surface area contributed by atoms with Crippen LogP contribution in [0.1, 0.15) is 7.43 Å². The summed E-state index contributed by atoms with van der Waals surface area (Å²) in [6.07, 6.45) is 1.18. The molecule has 0 heterocycles. The maximum Gasteiger partial charge on any atom is 0.0905 e. The first kappa shape index (κ1) is 17.8. The van der Waals surface area contributed by atoms with E-state index in [-0.39, 0.29) is 19.8 Å². The molecule has 2 heteroatoms. The van der Waals surface area contributed by atoms with Crippen LogP contribution in [-0.4, -0.2) is 0 Å². The van der Waals surface area contributed by atoms with Crippen molar-refractivity contribution in [2.24, 2.45) is 0 Å². The molecule has 0 aliphatic heterocycles. The highest BCUT2D eigenvalue weighted by atomic mass is 35.5. The largest absolute Gasteiger partial charge is 0.193 e. The fourth-order valence-electron chi connectivity index (χ4n) is 0. The number of nitrogens with zero attached hydrogens (tertiary/aromatic N) is 1. The van der Waals surface area contributed by atoms with E-state index in [9.17, 15) is 0 Å². The molecule has 0 radical (unpaired) electrons. The molecule has 0 unspecified atom stereocenters. The summed E-state index contributed by atoms with van der Waals surface area (Å²) in [6, 6.07) is 1.69. The molecule has 0 aliphatic carbocycles. The maximum atomic E-state index is 7.51. The Labute approximate surface area is 44.7 Å². The van der Waals surface area contributed by atoms with Crippen molar-refractivity contribution in [2.45, 2.75) is 7.43 Å². The van der Waals surface area contributed by atoms with Crippen LogP contribution < -0.4 is 0 Å². The number of hydrogen-bond acceptors (Lipinski definition) is 1. The van der Waals surface area contributed by atoms with E-state index in [1.54, 1.807) is 6.07 Å². The first-order valence-corrected chi connectivity index (χ1v) is 0.921. The van der Waals surface area contributed by atoms with Crippen molar-refractivity contribution in [3.05, 3.63) is 12.7 Å². The van der Waals surface area contributed by atoms with Gasteiger partial charge in [-0.2, -0.15) is 5.26 Å². The Morgan fingerprint density at radius 2 is 1.83 bits per heavy atom. The SMILES string of the molecule is C.C=CC#N.Cl. The zero-order valence-electron chi connectivity index (χ0n) is 2.64. The lowest BCUT2D eigenvalue weighted by molar-refractivity contribution is 1.54. The topological polar surface area (TPSA) is 23.8 Å². The Balaban J connectivity index is -0.0000000450. The van der Waals surface area contributed by atoms with Crippen molar-refractivity contribution >= 4 is 12.4 Å². The average molecular weight is 106 g/mol. The van der Waals surface area contributed by atoms with Crippen molar-refractivity contribution < 1.29 is 0 Å². The predicted molar refractivity (Wildman–Crippen MR) is 29.8 cm³/mol. The van der Waals surface area contributed by atoms with Crippen LogP contribution in [0.25, 0.3) is 0 Å². The molecular weight excluding hydrogens is 97.5 g/mol. The third-order valence-electron chi connectivity index (χ3n) is 0.0913. The van der Waals surface area contributed by atoms with Crippen LogP contribution >= 0.6 is 12.4 Å². The molecule has 0 atom stereocenters. The van der Waals surface area contributed by atoms with Crippen LogP contribution in [-0.2, 0) is 0 Å². The van der Waals surface area contributed by atoms with Crippen LogP contribution in [0.3, 0.4) is 0 Å². The first-order valence-electron chi connectivity index (χ1n) is 0.921. The number of rotatable bonds is 0. The van der Waals surface area contributed by atoms with Gasteiger partial charge in [-0.1, -0.05) is 14.0 Å². The fourth-order valence-corrected chi connectivity index (χ4v) is 0. The average Bonchev–Trinajstić information content (AvgIpc) is 1.37. The number of hydrogen-bond donors (Lipinski definition) is 0. The molecule has 0 fully saturated rings. The standard InChI is InChI=1S/C3H3N.CH4.ClH/c1-2-3-4;;/h2H,1H2;1H4;1H. The van der Waals surface area contributed by atoms with E-state index in [0.29, 0.717) is 0 Å². The van der Waals surface area contributed by atoms with Gasteiger partial charge in [-0.05, 0) is 0 Å². The van der Waals surface area contributed by atoms with Gasteiger partial charge in [-0.3, -0.25) is 0 Å². The second-order valence-electron chi connectivity index (χ2n) is 0.333. The van der Waals surface area contributed by atoms with E-state index in [1.165, 1.54) is 6.08 Å². The molecular formula is C4H8ClN. The minimum absolute atomic E-state index is 0. The van der Waals surface area contributed by atoms with E-state index >= 15 is 0 Å². The maximum absolute atomic E-state index is 7.51. The summed E-state index contributed by atoms with van der Waals surface area (Å²) >= 11 is 0. The summed E-state index contributed by atoms with van der Waals surface area (Å²) in [6.45, 7) is 3.12. The number of allylic oxidation sites excluding steroid dienone is 1. The van der Waals surface area contributed by atoms with Gasteiger partial charge in [0, 0.05) is 6.08 Å². The quantitative estimate of drug-likeness (QED) is 0.431. The molecule has 0 spiro atoms. The molecule has 0 saturated heterocycles. The van der Waals surface area contributed by atoms with Gasteiger partial charge in [0.15, 0.2) is 0 Å². The fraction of sp³-hybridized carbons (Fsp3) is 0.250. The minimum Gasteiger partial charge on any atom is -0.193 e. The Morgan fingerprint density at radius 3 is 1.83 bits per heavy atom. The van der Waals surface area contributed by atoms with Gasteiger partial charge in [0.25, 0.3) is 0 Å². The molecule has 0 amide bonds. The lowest BCUT2D eigenvalue weighted by atomic mass is 10.8. The van der Waals surface area contributed by atoms with E-state index in [1.807, 2.05) is 0 Å². The lowest BCUT2D eigenvalue weighted by Gasteiger charge is -1.31. The molecule has 0 rings (SSSR count). The molecule has 0 aromatic carbocycles. The highest BCUT2D eigenvalue weighted by Gasteiger charge is 1.34. The monoisotopic (exact) mass is 105 g/mol. The van der Waals surface area contributed by atoms with Gasteiger partial charge >= 0.3 is 0 Å². The normalized spacial score (nSPS) is 2.50. The Bertz CT molecular complexity index is 53.1. The molecule has 0 aromatic rings. The van der Waals surface area contributed by atoms with Crippen LogP contribution in [0.15, 0.2) is 12.7 Å². The Kier molecular flexibility index (Phi) is 71.7. The summed E-state index contributed by atoms with van der Waals surface area (Å²) in [4.78, 5) is 0. The molecule has 1 nitrogen and oxygen atoms in total. The van der Waals surface area contributed by atoms with Gasteiger partial charge in [0.2, 0.25) is 0 Å². The van der Waals surface area contributed by atoms with Crippen LogP contribution in [0.2, 0.25) is 0 Å².